The minimum atomic E-state index is -0.668. The molecule has 3 aromatic rings. The summed E-state index contributed by atoms with van der Waals surface area (Å²) in [5.74, 6) is 0. The fraction of sp³-hybridized carbons (Fsp3) is 0.222. The van der Waals surface area contributed by atoms with Crippen molar-refractivity contribution in [1.29, 1.82) is 0 Å². The van der Waals surface area contributed by atoms with Crippen LogP contribution in [0.2, 0.25) is 0 Å². The van der Waals surface area contributed by atoms with E-state index in [0.717, 1.165) is 34.3 Å². The van der Waals surface area contributed by atoms with Crippen molar-refractivity contribution in [2.24, 2.45) is 0 Å². The lowest BCUT2D eigenvalue weighted by Crippen LogP contribution is -2.07. The number of hydrogen-bond acceptors (Lipinski definition) is 3. The number of nitrogens with zero attached hydrogens (tertiary/aromatic N) is 2. The van der Waals surface area contributed by atoms with Gasteiger partial charge in [0.2, 0.25) is 0 Å². The Morgan fingerprint density at radius 1 is 1.00 bits per heavy atom. The number of benzene rings is 2. The van der Waals surface area contributed by atoms with Crippen molar-refractivity contribution in [3.63, 3.8) is 0 Å². The SMILES string of the molecule is CCc1nnc(C)cc1C(O)c1ccc2ccccc2c1. The summed E-state index contributed by atoms with van der Waals surface area (Å²) in [6, 6.07) is 16.1. The molecule has 106 valence electrons. The van der Waals surface area contributed by atoms with Crippen molar-refractivity contribution >= 4 is 10.8 Å². The van der Waals surface area contributed by atoms with Crippen LogP contribution in [-0.4, -0.2) is 15.3 Å². The Kier molecular flexibility index (Phi) is 3.67. The molecule has 21 heavy (non-hydrogen) atoms. The van der Waals surface area contributed by atoms with Crippen molar-refractivity contribution in [3.8, 4) is 0 Å². The molecule has 1 atom stereocenters. The molecule has 0 radical (unpaired) electrons. The van der Waals surface area contributed by atoms with Gasteiger partial charge in [-0.2, -0.15) is 10.2 Å². The molecule has 3 nitrogen and oxygen atoms in total. The lowest BCUT2D eigenvalue weighted by molar-refractivity contribution is 0.218. The van der Waals surface area contributed by atoms with Crippen LogP contribution in [0, 0.1) is 6.92 Å². The summed E-state index contributed by atoms with van der Waals surface area (Å²) in [6.07, 6.45) is 0.0894. The Hall–Kier alpha value is -2.26. The fourth-order valence-electron chi connectivity index (χ4n) is 2.60. The second-order valence-corrected chi connectivity index (χ2v) is 5.25. The Morgan fingerprint density at radius 3 is 2.52 bits per heavy atom. The Bertz CT molecular complexity index is 783. The highest BCUT2D eigenvalue weighted by molar-refractivity contribution is 5.83. The minimum absolute atomic E-state index is 0.668. The summed E-state index contributed by atoms with van der Waals surface area (Å²) in [4.78, 5) is 0. The summed E-state index contributed by atoms with van der Waals surface area (Å²) >= 11 is 0. The van der Waals surface area contributed by atoms with Crippen LogP contribution in [0.25, 0.3) is 10.8 Å². The fourth-order valence-corrected chi connectivity index (χ4v) is 2.60. The molecule has 0 spiro atoms. The highest BCUT2D eigenvalue weighted by atomic mass is 16.3. The van der Waals surface area contributed by atoms with Gasteiger partial charge in [0, 0.05) is 5.56 Å². The molecule has 0 aliphatic rings. The van der Waals surface area contributed by atoms with E-state index in [1.165, 1.54) is 5.39 Å². The average Bonchev–Trinajstić information content (AvgIpc) is 2.53. The van der Waals surface area contributed by atoms with E-state index < -0.39 is 6.10 Å². The normalized spacial score (nSPS) is 12.5. The molecule has 3 rings (SSSR count). The van der Waals surface area contributed by atoms with Crippen LogP contribution in [0.5, 0.6) is 0 Å². The van der Waals surface area contributed by atoms with Gasteiger partial charge in [-0.25, -0.2) is 0 Å². The number of hydrogen-bond donors (Lipinski definition) is 1. The zero-order chi connectivity index (χ0) is 14.8. The number of aliphatic hydroxyl groups excluding tert-OH is 1. The van der Waals surface area contributed by atoms with Gasteiger partial charge in [-0.15, -0.1) is 0 Å². The number of fused-ring (bicyclic) bond motifs is 1. The van der Waals surface area contributed by atoms with Crippen molar-refractivity contribution in [2.45, 2.75) is 26.4 Å². The van der Waals surface area contributed by atoms with Gasteiger partial charge in [0.15, 0.2) is 0 Å². The molecule has 1 unspecified atom stereocenters. The summed E-state index contributed by atoms with van der Waals surface area (Å²) in [6.45, 7) is 3.92. The van der Waals surface area contributed by atoms with Gasteiger partial charge in [-0.05, 0) is 41.8 Å². The Balaban J connectivity index is 2.07. The van der Waals surface area contributed by atoms with Gasteiger partial charge in [-0.1, -0.05) is 43.3 Å². The van der Waals surface area contributed by atoms with Gasteiger partial charge in [0.1, 0.15) is 6.10 Å². The molecule has 0 amide bonds. The van der Waals surface area contributed by atoms with E-state index in [4.69, 9.17) is 0 Å². The summed E-state index contributed by atoms with van der Waals surface area (Å²) < 4.78 is 0. The minimum Gasteiger partial charge on any atom is -0.384 e. The van der Waals surface area contributed by atoms with Crippen molar-refractivity contribution < 1.29 is 5.11 Å². The van der Waals surface area contributed by atoms with Crippen LogP contribution < -0.4 is 0 Å². The molecule has 0 saturated heterocycles. The third kappa shape index (κ3) is 2.65. The third-order valence-corrected chi connectivity index (χ3v) is 3.74. The summed E-state index contributed by atoms with van der Waals surface area (Å²) in [5.41, 5.74) is 3.40. The number of aliphatic hydroxyl groups is 1. The van der Waals surface area contributed by atoms with Crippen molar-refractivity contribution in [1.82, 2.24) is 10.2 Å². The summed E-state index contributed by atoms with van der Waals surface area (Å²) in [5, 5.41) is 21.3. The van der Waals surface area contributed by atoms with Crippen LogP contribution in [0.15, 0.2) is 48.5 Å². The number of aromatic nitrogens is 2. The van der Waals surface area contributed by atoms with Crippen LogP contribution >= 0.6 is 0 Å². The quantitative estimate of drug-likeness (QED) is 0.796. The molecule has 0 aliphatic heterocycles. The molecule has 1 heterocycles. The smallest absolute Gasteiger partial charge is 0.106 e. The first-order valence-corrected chi connectivity index (χ1v) is 7.19. The van der Waals surface area contributed by atoms with Gasteiger partial charge < -0.3 is 5.11 Å². The van der Waals surface area contributed by atoms with Gasteiger partial charge >= 0.3 is 0 Å². The van der Waals surface area contributed by atoms with Crippen LogP contribution in [-0.2, 0) is 6.42 Å². The molecule has 2 aromatic carbocycles. The third-order valence-electron chi connectivity index (χ3n) is 3.74. The molecule has 0 aliphatic carbocycles. The first-order chi connectivity index (χ1) is 10.2. The highest BCUT2D eigenvalue weighted by Gasteiger charge is 2.16. The molecule has 0 fully saturated rings. The Morgan fingerprint density at radius 2 is 1.76 bits per heavy atom. The second kappa shape index (κ2) is 5.62. The number of rotatable bonds is 3. The molecule has 0 bridgehead atoms. The maximum absolute atomic E-state index is 10.7. The molecule has 0 saturated carbocycles. The monoisotopic (exact) mass is 278 g/mol. The zero-order valence-corrected chi connectivity index (χ0v) is 12.2. The van der Waals surface area contributed by atoms with E-state index in [2.05, 4.69) is 22.3 Å². The largest absolute Gasteiger partial charge is 0.384 e. The van der Waals surface area contributed by atoms with E-state index in [0.29, 0.717) is 0 Å². The first kappa shape index (κ1) is 13.7. The maximum atomic E-state index is 10.7. The van der Waals surface area contributed by atoms with Gasteiger partial charge in [-0.3, -0.25) is 0 Å². The van der Waals surface area contributed by atoms with Gasteiger partial charge in [0.25, 0.3) is 0 Å². The zero-order valence-electron chi connectivity index (χ0n) is 12.2. The van der Waals surface area contributed by atoms with E-state index >= 15 is 0 Å². The Labute approximate surface area is 124 Å². The van der Waals surface area contributed by atoms with E-state index in [-0.39, 0.29) is 0 Å². The molecule has 3 heteroatoms. The van der Waals surface area contributed by atoms with Crippen LogP contribution in [0.3, 0.4) is 0 Å². The van der Waals surface area contributed by atoms with Gasteiger partial charge in [0.05, 0.1) is 11.4 Å². The second-order valence-electron chi connectivity index (χ2n) is 5.25. The lowest BCUT2D eigenvalue weighted by Gasteiger charge is -2.15. The molecular formula is C18H18N2O. The maximum Gasteiger partial charge on any atom is 0.106 e. The predicted molar refractivity (Wildman–Crippen MR) is 84.2 cm³/mol. The molecule has 1 aromatic heterocycles. The van der Waals surface area contributed by atoms with Crippen molar-refractivity contribution in [3.05, 3.63) is 71.0 Å². The average molecular weight is 278 g/mol. The standard InChI is InChI=1S/C18H18N2O/c1-3-17-16(10-12(2)19-20-17)18(21)15-9-8-13-6-4-5-7-14(13)11-15/h4-11,18,21H,3H2,1-2H3. The highest BCUT2D eigenvalue weighted by Crippen LogP contribution is 2.27. The van der Waals surface area contributed by atoms with E-state index in [1.54, 1.807) is 0 Å². The lowest BCUT2D eigenvalue weighted by atomic mass is 9.97. The molecule has 1 N–H and O–H groups in total. The predicted octanol–water partition coefficient (Wildman–Crippen LogP) is 3.58. The van der Waals surface area contributed by atoms with Crippen LogP contribution in [0.1, 0.15) is 35.5 Å². The number of aryl methyl sites for hydroxylation is 2. The topological polar surface area (TPSA) is 46.0 Å². The van der Waals surface area contributed by atoms with Crippen molar-refractivity contribution in [2.75, 3.05) is 0 Å². The van der Waals surface area contributed by atoms with E-state index in [1.807, 2.05) is 50.2 Å². The molecular weight excluding hydrogens is 260 g/mol. The van der Waals surface area contributed by atoms with Crippen LogP contribution in [0.4, 0.5) is 0 Å². The summed E-state index contributed by atoms with van der Waals surface area (Å²) in [7, 11) is 0. The first-order valence-electron chi connectivity index (χ1n) is 7.19. The van der Waals surface area contributed by atoms with E-state index in [9.17, 15) is 5.11 Å².